The highest BCUT2D eigenvalue weighted by atomic mass is 16.5. The molecule has 2 amide bonds. The molecule has 0 saturated heterocycles. The predicted octanol–water partition coefficient (Wildman–Crippen LogP) is 3.88. The summed E-state index contributed by atoms with van der Waals surface area (Å²) in [4.78, 5) is 51.0. The molecule has 31 heavy (non-hydrogen) atoms. The van der Waals surface area contributed by atoms with E-state index in [1.54, 1.807) is 37.3 Å². The Morgan fingerprint density at radius 2 is 1.42 bits per heavy atom. The molecule has 4 rings (SSSR count). The van der Waals surface area contributed by atoms with Crippen LogP contribution in [0.2, 0.25) is 0 Å². The molecule has 0 unspecified atom stereocenters. The van der Waals surface area contributed by atoms with E-state index in [9.17, 15) is 19.2 Å². The van der Waals surface area contributed by atoms with E-state index in [0.717, 1.165) is 4.90 Å². The number of nitrogens with zero attached hydrogens (tertiary/aromatic N) is 1. The van der Waals surface area contributed by atoms with E-state index in [2.05, 4.69) is 0 Å². The van der Waals surface area contributed by atoms with Gasteiger partial charge in [0.05, 0.1) is 34.5 Å². The first-order chi connectivity index (χ1) is 15.0. The fraction of sp³-hybridized carbons (Fsp3) is 0.0833. The van der Waals surface area contributed by atoms with Gasteiger partial charge in [0.1, 0.15) is 5.75 Å². The van der Waals surface area contributed by atoms with Crippen LogP contribution in [0.1, 0.15) is 48.4 Å². The molecule has 3 aromatic carbocycles. The zero-order valence-corrected chi connectivity index (χ0v) is 16.5. The van der Waals surface area contributed by atoms with Gasteiger partial charge in [-0.25, -0.2) is 14.5 Å². The first-order valence-electron chi connectivity index (χ1n) is 9.57. The minimum atomic E-state index is -0.633. The first kappa shape index (κ1) is 20.0. The fourth-order valence-corrected chi connectivity index (χ4v) is 3.22. The molecule has 3 aromatic rings. The molecule has 0 radical (unpaired) electrons. The van der Waals surface area contributed by atoms with Gasteiger partial charge in [-0.3, -0.25) is 9.59 Å². The van der Waals surface area contributed by atoms with Crippen molar-refractivity contribution in [3.8, 4) is 5.75 Å². The lowest BCUT2D eigenvalue weighted by molar-refractivity contribution is 0.0525. The molecule has 0 aromatic heterocycles. The molecular formula is C24H17NO6. The number of ether oxygens (including phenoxy) is 2. The molecule has 0 atom stereocenters. The Labute approximate surface area is 177 Å². The summed E-state index contributed by atoms with van der Waals surface area (Å²) in [5.41, 5.74) is 1.08. The molecule has 0 N–H and O–H groups in total. The molecule has 0 bridgehead atoms. The van der Waals surface area contributed by atoms with Crippen LogP contribution in [-0.2, 0) is 4.74 Å². The van der Waals surface area contributed by atoms with Gasteiger partial charge in [0.2, 0.25) is 0 Å². The highest BCUT2D eigenvalue weighted by Crippen LogP contribution is 2.29. The molecule has 0 aliphatic carbocycles. The predicted molar refractivity (Wildman–Crippen MR) is 111 cm³/mol. The summed E-state index contributed by atoms with van der Waals surface area (Å²) < 4.78 is 10.2. The van der Waals surface area contributed by atoms with Crippen LogP contribution in [0.15, 0.2) is 72.8 Å². The van der Waals surface area contributed by atoms with Crippen LogP contribution in [-0.4, -0.2) is 30.4 Å². The third-order valence-corrected chi connectivity index (χ3v) is 4.71. The summed E-state index contributed by atoms with van der Waals surface area (Å²) in [6.45, 7) is 1.95. The van der Waals surface area contributed by atoms with Crippen LogP contribution in [0.4, 0.5) is 5.69 Å². The third-order valence-electron chi connectivity index (χ3n) is 4.71. The average Bonchev–Trinajstić information content (AvgIpc) is 3.04. The van der Waals surface area contributed by atoms with Gasteiger partial charge in [0.25, 0.3) is 11.8 Å². The Kier molecular flexibility index (Phi) is 5.32. The molecule has 1 aliphatic rings. The summed E-state index contributed by atoms with van der Waals surface area (Å²) in [6.07, 6.45) is 0. The monoisotopic (exact) mass is 415 g/mol. The Hall–Kier alpha value is -4.26. The van der Waals surface area contributed by atoms with E-state index >= 15 is 0 Å². The third kappa shape index (κ3) is 3.81. The SMILES string of the molecule is CCOC(=O)c1ccc(N2C(=O)c3ccc(C(=O)Oc4ccccc4)cc3C2=O)cc1. The van der Waals surface area contributed by atoms with E-state index in [0.29, 0.717) is 17.0 Å². The van der Waals surface area contributed by atoms with Crippen LogP contribution in [0.5, 0.6) is 5.75 Å². The number of carbonyl (C=O) groups is 4. The number of carbonyl (C=O) groups excluding carboxylic acids is 4. The van der Waals surface area contributed by atoms with Crippen molar-refractivity contribution in [1.82, 2.24) is 0 Å². The van der Waals surface area contributed by atoms with Gasteiger partial charge < -0.3 is 9.47 Å². The quantitative estimate of drug-likeness (QED) is 0.357. The number of benzene rings is 3. The van der Waals surface area contributed by atoms with Crippen LogP contribution < -0.4 is 9.64 Å². The molecule has 0 fully saturated rings. The second-order valence-electron chi connectivity index (χ2n) is 6.68. The van der Waals surface area contributed by atoms with Crippen LogP contribution >= 0.6 is 0 Å². The van der Waals surface area contributed by atoms with E-state index in [1.165, 1.54) is 42.5 Å². The number of esters is 2. The lowest BCUT2D eigenvalue weighted by atomic mass is 10.1. The van der Waals surface area contributed by atoms with Crippen molar-refractivity contribution < 1.29 is 28.7 Å². The largest absolute Gasteiger partial charge is 0.462 e. The van der Waals surface area contributed by atoms with Gasteiger partial charge in [-0.2, -0.15) is 0 Å². The minimum Gasteiger partial charge on any atom is -0.462 e. The number of rotatable bonds is 5. The highest BCUT2D eigenvalue weighted by molar-refractivity contribution is 6.34. The summed E-state index contributed by atoms with van der Waals surface area (Å²) in [7, 11) is 0. The second-order valence-corrected chi connectivity index (χ2v) is 6.68. The number of para-hydroxylation sites is 1. The molecule has 1 heterocycles. The second kappa shape index (κ2) is 8.23. The highest BCUT2D eigenvalue weighted by Gasteiger charge is 2.37. The fourth-order valence-electron chi connectivity index (χ4n) is 3.22. The van der Waals surface area contributed by atoms with Gasteiger partial charge in [-0.15, -0.1) is 0 Å². The van der Waals surface area contributed by atoms with Gasteiger partial charge in [-0.05, 0) is 61.5 Å². The van der Waals surface area contributed by atoms with Gasteiger partial charge >= 0.3 is 11.9 Å². The number of hydrogen-bond acceptors (Lipinski definition) is 6. The molecule has 0 spiro atoms. The minimum absolute atomic E-state index is 0.113. The maximum Gasteiger partial charge on any atom is 0.343 e. The normalized spacial score (nSPS) is 12.5. The van der Waals surface area contributed by atoms with Gasteiger partial charge in [0, 0.05) is 0 Å². The van der Waals surface area contributed by atoms with Crippen LogP contribution in [0, 0.1) is 0 Å². The number of anilines is 1. The lowest BCUT2D eigenvalue weighted by Crippen LogP contribution is -2.29. The topological polar surface area (TPSA) is 90.0 Å². The molecule has 7 nitrogen and oxygen atoms in total. The standard InChI is InChI=1S/C24H17NO6/c1-2-30-23(28)15-8-11-17(12-9-15)25-21(26)19-13-10-16(14-20(19)22(25)27)24(29)31-18-6-4-3-5-7-18/h3-14H,2H2,1H3. The zero-order chi connectivity index (χ0) is 22.0. The van der Waals surface area contributed by atoms with E-state index in [-0.39, 0.29) is 23.3 Å². The molecule has 7 heteroatoms. The Morgan fingerprint density at radius 1 is 0.774 bits per heavy atom. The smallest absolute Gasteiger partial charge is 0.343 e. The maximum atomic E-state index is 12.9. The van der Waals surface area contributed by atoms with Crippen molar-refractivity contribution in [3.05, 3.63) is 95.1 Å². The van der Waals surface area contributed by atoms with E-state index in [4.69, 9.17) is 9.47 Å². The number of fused-ring (bicyclic) bond motifs is 1. The van der Waals surface area contributed by atoms with Crippen molar-refractivity contribution in [3.63, 3.8) is 0 Å². The lowest BCUT2D eigenvalue weighted by Gasteiger charge is -2.14. The van der Waals surface area contributed by atoms with Crippen LogP contribution in [0.3, 0.4) is 0 Å². The Morgan fingerprint density at radius 3 is 2.10 bits per heavy atom. The summed E-state index contributed by atoms with van der Waals surface area (Å²) in [5.74, 6) is -1.81. The van der Waals surface area contributed by atoms with Gasteiger partial charge in [-0.1, -0.05) is 18.2 Å². The van der Waals surface area contributed by atoms with Crippen molar-refractivity contribution in [2.75, 3.05) is 11.5 Å². The van der Waals surface area contributed by atoms with Crippen molar-refractivity contribution >= 4 is 29.4 Å². The first-order valence-corrected chi connectivity index (χ1v) is 9.57. The molecule has 0 saturated carbocycles. The Bertz CT molecular complexity index is 1180. The van der Waals surface area contributed by atoms with Crippen molar-refractivity contribution in [2.45, 2.75) is 6.92 Å². The van der Waals surface area contributed by atoms with Gasteiger partial charge in [0.15, 0.2) is 0 Å². The molecular weight excluding hydrogens is 398 g/mol. The Balaban J connectivity index is 1.58. The van der Waals surface area contributed by atoms with Crippen molar-refractivity contribution in [2.24, 2.45) is 0 Å². The molecule has 154 valence electrons. The average molecular weight is 415 g/mol. The summed E-state index contributed by atoms with van der Waals surface area (Å²) in [6, 6.07) is 18.8. The zero-order valence-electron chi connectivity index (χ0n) is 16.5. The van der Waals surface area contributed by atoms with Crippen molar-refractivity contribution in [1.29, 1.82) is 0 Å². The summed E-state index contributed by atoms with van der Waals surface area (Å²) >= 11 is 0. The maximum absolute atomic E-state index is 12.9. The van der Waals surface area contributed by atoms with Crippen LogP contribution in [0.25, 0.3) is 0 Å². The molecule has 1 aliphatic heterocycles. The number of amides is 2. The van der Waals surface area contributed by atoms with E-state index < -0.39 is 23.8 Å². The van der Waals surface area contributed by atoms with E-state index in [1.807, 2.05) is 0 Å². The summed E-state index contributed by atoms with van der Waals surface area (Å²) in [5, 5.41) is 0. The number of hydrogen-bond donors (Lipinski definition) is 0. The number of imide groups is 1.